The van der Waals surface area contributed by atoms with E-state index in [2.05, 4.69) is 41.8 Å². The molecular formula is C25H24BrN5O2S2. The van der Waals surface area contributed by atoms with Crippen LogP contribution in [0.3, 0.4) is 0 Å². The molecule has 3 N–H and O–H groups in total. The zero-order valence-corrected chi connectivity index (χ0v) is 22.0. The first kappa shape index (κ1) is 25.0. The van der Waals surface area contributed by atoms with Crippen molar-refractivity contribution < 1.29 is 8.42 Å². The first-order valence-corrected chi connectivity index (χ1v) is 13.9. The number of halogens is 1. The van der Waals surface area contributed by atoms with E-state index in [-0.39, 0.29) is 18.1 Å². The summed E-state index contributed by atoms with van der Waals surface area (Å²) in [4.78, 5) is 8.76. The largest absolute Gasteiger partial charge is 0.362 e. The van der Waals surface area contributed by atoms with Gasteiger partial charge < -0.3 is 16.0 Å². The van der Waals surface area contributed by atoms with Crippen molar-refractivity contribution in [2.75, 3.05) is 17.6 Å². The summed E-state index contributed by atoms with van der Waals surface area (Å²) in [7, 11) is -3.23. The zero-order chi connectivity index (χ0) is 24.7. The summed E-state index contributed by atoms with van der Waals surface area (Å²) >= 11 is 8.81. The average Bonchev–Trinajstić information content (AvgIpc) is 2.83. The minimum absolute atomic E-state index is 0.00164. The maximum atomic E-state index is 12.3. The van der Waals surface area contributed by atoms with E-state index >= 15 is 0 Å². The number of nitrogens with zero attached hydrogens (tertiary/aromatic N) is 2. The van der Waals surface area contributed by atoms with Gasteiger partial charge in [0.05, 0.1) is 17.0 Å². The predicted molar refractivity (Wildman–Crippen MR) is 148 cm³/mol. The molecule has 0 bridgehead atoms. The lowest BCUT2D eigenvalue weighted by atomic mass is 10.1. The number of sulfone groups is 1. The lowest BCUT2D eigenvalue weighted by Gasteiger charge is -2.12. The monoisotopic (exact) mass is 569 g/mol. The Labute approximate surface area is 218 Å². The van der Waals surface area contributed by atoms with Crippen molar-refractivity contribution in [1.29, 1.82) is 0 Å². The Morgan fingerprint density at radius 3 is 2.54 bits per heavy atom. The first-order valence-electron chi connectivity index (χ1n) is 10.9. The minimum Gasteiger partial charge on any atom is -0.362 e. The number of nitrogens with one attached hydrogen (secondary N) is 3. The van der Waals surface area contributed by atoms with Crippen LogP contribution in [0.4, 0.5) is 11.5 Å². The van der Waals surface area contributed by atoms with E-state index < -0.39 is 9.84 Å². The Bertz CT molecular complexity index is 1430. The van der Waals surface area contributed by atoms with E-state index in [1.807, 2.05) is 72.8 Å². The van der Waals surface area contributed by atoms with E-state index in [0.717, 1.165) is 32.2 Å². The molecule has 1 aromatic heterocycles. The highest BCUT2D eigenvalue weighted by Crippen LogP contribution is 2.25. The van der Waals surface area contributed by atoms with Crippen LogP contribution in [0.1, 0.15) is 11.1 Å². The van der Waals surface area contributed by atoms with E-state index in [1.165, 1.54) is 6.33 Å². The molecule has 1 heterocycles. The van der Waals surface area contributed by atoms with E-state index in [4.69, 9.17) is 12.2 Å². The molecule has 35 heavy (non-hydrogen) atoms. The third-order valence-electron chi connectivity index (χ3n) is 5.17. The van der Waals surface area contributed by atoms with Gasteiger partial charge in [-0.3, -0.25) is 0 Å². The number of aromatic nitrogens is 2. The van der Waals surface area contributed by atoms with Crippen molar-refractivity contribution in [3.05, 3.63) is 94.7 Å². The van der Waals surface area contributed by atoms with Crippen molar-refractivity contribution in [3.8, 4) is 0 Å². The maximum Gasteiger partial charge on any atom is 0.166 e. The Kier molecular flexibility index (Phi) is 8.27. The fourth-order valence-electron chi connectivity index (χ4n) is 3.48. The van der Waals surface area contributed by atoms with Gasteiger partial charge in [0.15, 0.2) is 14.9 Å². The standard InChI is InChI=1S/C25H24BrN5O2S2/c26-20-7-4-8-21(14-20)31-24-22-13-19(9-10-23(22)29-17-30-24)15-28-25(34)27-11-12-35(32,33)16-18-5-2-1-3-6-18/h1-10,13-14,17H,11-12,15-16H2,(H2,27,28,34)(H,29,30,31). The van der Waals surface area contributed by atoms with Crippen LogP contribution >= 0.6 is 28.1 Å². The molecule has 0 radical (unpaired) electrons. The number of hydrogen-bond acceptors (Lipinski definition) is 6. The van der Waals surface area contributed by atoms with Crippen molar-refractivity contribution in [3.63, 3.8) is 0 Å². The molecule has 7 nitrogen and oxygen atoms in total. The molecule has 0 saturated carbocycles. The molecule has 0 aliphatic carbocycles. The molecule has 0 saturated heterocycles. The van der Waals surface area contributed by atoms with Crippen LogP contribution in [-0.4, -0.2) is 35.8 Å². The molecule has 0 aliphatic rings. The van der Waals surface area contributed by atoms with Gasteiger partial charge in [0.2, 0.25) is 0 Å². The van der Waals surface area contributed by atoms with Gasteiger partial charge in [0.25, 0.3) is 0 Å². The quantitative estimate of drug-likeness (QED) is 0.249. The Morgan fingerprint density at radius 1 is 0.914 bits per heavy atom. The molecule has 0 spiro atoms. The first-order chi connectivity index (χ1) is 16.9. The van der Waals surface area contributed by atoms with Crippen LogP contribution in [-0.2, 0) is 22.1 Å². The summed E-state index contributed by atoms with van der Waals surface area (Å²) in [5.41, 5.74) is 3.51. The minimum atomic E-state index is -3.23. The number of thiocarbonyl (C=S) groups is 1. The van der Waals surface area contributed by atoms with Crippen LogP contribution in [0.15, 0.2) is 83.6 Å². The molecule has 4 rings (SSSR count). The van der Waals surface area contributed by atoms with Crippen LogP contribution in [0.25, 0.3) is 10.9 Å². The summed E-state index contributed by atoms with van der Waals surface area (Å²) in [6.45, 7) is 0.719. The summed E-state index contributed by atoms with van der Waals surface area (Å²) in [5, 5.41) is 10.7. The average molecular weight is 571 g/mol. The van der Waals surface area contributed by atoms with Gasteiger partial charge in [0.1, 0.15) is 12.1 Å². The molecule has 0 unspecified atom stereocenters. The van der Waals surface area contributed by atoms with Gasteiger partial charge in [-0.15, -0.1) is 0 Å². The highest BCUT2D eigenvalue weighted by atomic mass is 79.9. The SMILES string of the molecule is O=S(=O)(CCNC(=S)NCc1ccc2ncnc(Nc3cccc(Br)c3)c2c1)Cc1ccccc1. The second-order valence-corrected chi connectivity index (χ2v) is 11.4. The fraction of sp³-hybridized carbons (Fsp3) is 0.160. The van der Waals surface area contributed by atoms with Gasteiger partial charge in [-0.2, -0.15) is 0 Å². The van der Waals surface area contributed by atoms with Crippen molar-refractivity contribution in [2.45, 2.75) is 12.3 Å². The van der Waals surface area contributed by atoms with Crippen LogP contribution in [0, 0.1) is 0 Å². The molecule has 0 aliphatic heterocycles. The number of fused-ring (bicyclic) bond motifs is 1. The second kappa shape index (κ2) is 11.6. The highest BCUT2D eigenvalue weighted by molar-refractivity contribution is 9.10. The van der Waals surface area contributed by atoms with E-state index in [9.17, 15) is 8.42 Å². The normalized spacial score (nSPS) is 11.2. The third kappa shape index (κ3) is 7.45. The maximum absolute atomic E-state index is 12.3. The van der Waals surface area contributed by atoms with E-state index in [1.54, 1.807) is 0 Å². The second-order valence-electron chi connectivity index (χ2n) is 7.90. The Balaban J connectivity index is 1.32. The van der Waals surface area contributed by atoms with Gasteiger partial charge in [-0.25, -0.2) is 18.4 Å². The molecule has 4 aromatic rings. The third-order valence-corrected chi connectivity index (χ3v) is 7.55. The summed E-state index contributed by atoms with van der Waals surface area (Å²) in [5.74, 6) is 0.728. The van der Waals surface area contributed by atoms with Gasteiger partial charge in [0, 0.05) is 28.6 Å². The van der Waals surface area contributed by atoms with Crippen LogP contribution in [0.2, 0.25) is 0 Å². The molecule has 3 aromatic carbocycles. The summed E-state index contributed by atoms with van der Waals surface area (Å²) < 4.78 is 25.7. The van der Waals surface area contributed by atoms with Crippen LogP contribution < -0.4 is 16.0 Å². The van der Waals surface area contributed by atoms with Gasteiger partial charge in [-0.05, 0) is 53.7 Å². The van der Waals surface area contributed by atoms with Crippen LogP contribution in [0.5, 0.6) is 0 Å². The van der Waals surface area contributed by atoms with E-state index in [0.29, 0.717) is 17.5 Å². The Morgan fingerprint density at radius 2 is 1.74 bits per heavy atom. The number of rotatable bonds is 9. The predicted octanol–water partition coefficient (Wildman–Crippen LogP) is 4.72. The fourth-order valence-corrected chi connectivity index (χ4v) is 5.31. The zero-order valence-electron chi connectivity index (χ0n) is 18.7. The van der Waals surface area contributed by atoms with Crippen molar-refractivity contribution in [2.24, 2.45) is 0 Å². The Hall–Kier alpha value is -3.08. The lowest BCUT2D eigenvalue weighted by Crippen LogP contribution is -2.37. The van der Waals surface area contributed by atoms with Crippen molar-refractivity contribution in [1.82, 2.24) is 20.6 Å². The molecular weight excluding hydrogens is 546 g/mol. The lowest BCUT2D eigenvalue weighted by molar-refractivity contribution is 0.594. The number of anilines is 2. The summed E-state index contributed by atoms with van der Waals surface area (Å²) in [6.07, 6.45) is 1.53. The van der Waals surface area contributed by atoms with Gasteiger partial charge in [-0.1, -0.05) is 58.4 Å². The van der Waals surface area contributed by atoms with Gasteiger partial charge >= 0.3 is 0 Å². The summed E-state index contributed by atoms with van der Waals surface area (Å²) in [6, 6.07) is 22.9. The molecule has 180 valence electrons. The topological polar surface area (TPSA) is 96.0 Å². The molecule has 10 heteroatoms. The molecule has 0 amide bonds. The van der Waals surface area contributed by atoms with Crippen molar-refractivity contribution >= 4 is 65.5 Å². The molecule has 0 atom stereocenters. The number of hydrogen-bond donors (Lipinski definition) is 3. The highest BCUT2D eigenvalue weighted by Gasteiger charge is 2.12. The smallest absolute Gasteiger partial charge is 0.166 e. The number of benzene rings is 3. The molecule has 0 fully saturated rings.